The predicted molar refractivity (Wildman–Crippen MR) is 123 cm³/mol. The highest BCUT2D eigenvalue weighted by atomic mass is 32.1. The highest BCUT2D eigenvalue weighted by Crippen LogP contribution is 2.24. The SMILES string of the molecule is COC(=O)c1cccc(NC(=S)N[C@H](C)c2ccc(N3CCC[C@H](C)C3)cc2)c1. The molecule has 0 spiro atoms. The number of hydrogen-bond acceptors (Lipinski definition) is 4. The summed E-state index contributed by atoms with van der Waals surface area (Å²) in [6.07, 6.45) is 2.58. The van der Waals surface area contributed by atoms with Crippen molar-refractivity contribution < 1.29 is 9.53 Å². The van der Waals surface area contributed by atoms with Crippen LogP contribution in [0.1, 0.15) is 48.7 Å². The van der Waals surface area contributed by atoms with Crippen LogP contribution in [-0.4, -0.2) is 31.3 Å². The molecule has 0 radical (unpaired) electrons. The molecule has 29 heavy (non-hydrogen) atoms. The van der Waals surface area contributed by atoms with Gasteiger partial charge in [0.05, 0.1) is 18.7 Å². The minimum absolute atomic E-state index is 0.0631. The Morgan fingerprint density at radius 2 is 2.00 bits per heavy atom. The largest absolute Gasteiger partial charge is 0.465 e. The van der Waals surface area contributed by atoms with Crippen molar-refractivity contribution >= 4 is 34.7 Å². The van der Waals surface area contributed by atoms with Gasteiger partial charge in [-0.05, 0) is 73.8 Å². The maximum Gasteiger partial charge on any atom is 0.337 e. The van der Waals surface area contributed by atoms with E-state index >= 15 is 0 Å². The molecule has 6 heteroatoms. The van der Waals surface area contributed by atoms with Gasteiger partial charge in [-0.15, -0.1) is 0 Å². The van der Waals surface area contributed by atoms with Crippen molar-refractivity contribution in [1.29, 1.82) is 0 Å². The van der Waals surface area contributed by atoms with Crippen molar-refractivity contribution in [3.63, 3.8) is 0 Å². The topological polar surface area (TPSA) is 53.6 Å². The lowest BCUT2D eigenvalue weighted by Gasteiger charge is -2.33. The lowest BCUT2D eigenvalue weighted by Crippen LogP contribution is -2.34. The van der Waals surface area contributed by atoms with Crippen LogP contribution in [0.5, 0.6) is 0 Å². The van der Waals surface area contributed by atoms with E-state index < -0.39 is 0 Å². The summed E-state index contributed by atoms with van der Waals surface area (Å²) < 4.78 is 4.76. The lowest BCUT2D eigenvalue weighted by molar-refractivity contribution is 0.0601. The van der Waals surface area contributed by atoms with Gasteiger partial charge in [-0.3, -0.25) is 0 Å². The normalized spacial score (nSPS) is 17.3. The molecule has 0 bridgehead atoms. The van der Waals surface area contributed by atoms with Crippen LogP contribution in [0, 0.1) is 5.92 Å². The minimum atomic E-state index is -0.371. The number of carbonyl (C=O) groups is 1. The zero-order valence-corrected chi connectivity index (χ0v) is 18.1. The van der Waals surface area contributed by atoms with E-state index in [0.717, 1.165) is 24.7 Å². The molecule has 2 atom stereocenters. The van der Waals surface area contributed by atoms with Gasteiger partial charge in [0.2, 0.25) is 0 Å². The fourth-order valence-corrected chi connectivity index (χ4v) is 3.98. The molecule has 2 aromatic carbocycles. The molecule has 2 aromatic rings. The maximum atomic E-state index is 11.7. The van der Waals surface area contributed by atoms with Crippen molar-refractivity contribution in [1.82, 2.24) is 5.32 Å². The van der Waals surface area contributed by atoms with Gasteiger partial charge < -0.3 is 20.3 Å². The highest BCUT2D eigenvalue weighted by Gasteiger charge is 2.17. The molecule has 0 saturated carbocycles. The second-order valence-corrected chi connectivity index (χ2v) is 8.09. The van der Waals surface area contributed by atoms with E-state index in [0.29, 0.717) is 10.7 Å². The summed E-state index contributed by atoms with van der Waals surface area (Å²) >= 11 is 5.44. The van der Waals surface area contributed by atoms with E-state index in [4.69, 9.17) is 17.0 Å². The Labute approximate surface area is 178 Å². The number of anilines is 2. The second kappa shape index (κ2) is 9.74. The Morgan fingerprint density at radius 1 is 1.24 bits per heavy atom. The summed E-state index contributed by atoms with van der Waals surface area (Å²) in [6, 6.07) is 15.9. The summed E-state index contributed by atoms with van der Waals surface area (Å²) in [5, 5.41) is 6.95. The van der Waals surface area contributed by atoms with Gasteiger partial charge in [0.15, 0.2) is 5.11 Å². The summed E-state index contributed by atoms with van der Waals surface area (Å²) in [6.45, 7) is 6.67. The predicted octanol–water partition coefficient (Wildman–Crippen LogP) is 4.76. The van der Waals surface area contributed by atoms with E-state index in [2.05, 4.69) is 53.6 Å². The molecule has 1 heterocycles. The monoisotopic (exact) mass is 411 g/mol. The number of nitrogens with zero attached hydrogens (tertiary/aromatic N) is 1. The van der Waals surface area contributed by atoms with E-state index in [1.807, 2.05) is 6.07 Å². The number of rotatable bonds is 5. The van der Waals surface area contributed by atoms with E-state index in [-0.39, 0.29) is 12.0 Å². The van der Waals surface area contributed by atoms with Gasteiger partial charge in [0.1, 0.15) is 0 Å². The fraction of sp³-hybridized carbons (Fsp3) is 0.391. The molecule has 1 fully saturated rings. The standard InChI is InChI=1S/C23H29N3O2S/c1-16-6-5-13-26(15-16)21-11-9-18(10-12-21)17(2)24-23(29)25-20-8-4-7-19(14-20)22(27)28-3/h4,7-12,14,16-17H,5-6,13,15H2,1-3H3,(H2,24,25,29)/t16-,17+/m0/s1. The van der Waals surface area contributed by atoms with Crippen LogP contribution in [0.25, 0.3) is 0 Å². The number of benzene rings is 2. The Balaban J connectivity index is 1.57. The first kappa shape index (κ1) is 21.1. The Bertz CT molecular complexity index is 853. The van der Waals surface area contributed by atoms with Crippen LogP contribution in [0.4, 0.5) is 11.4 Å². The molecule has 0 aromatic heterocycles. The number of hydrogen-bond donors (Lipinski definition) is 2. The molecule has 0 amide bonds. The zero-order valence-electron chi connectivity index (χ0n) is 17.3. The van der Waals surface area contributed by atoms with Gasteiger partial charge in [-0.1, -0.05) is 25.1 Å². The molecule has 5 nitrogen and oxygen atoms in total. The molecule has 0 aliphatic carbocycles. The average Bonchev–Trinajstić information content (AvgIpc) is 2.73. The summed E-state index contributed by atoms with van der Waals surface area (Å²) in [5.74, 6) is 0.384. The van der Waals surface area contributed by atoms with Crippen molar-refractivity contribution in [2.75, 3.05) is 30.4 Å². The molecule has 3 rings (SSSR count). The van der Waals surface area contributed by atoms with Gasteiger partial charge in [0, 0.05) is 24.5 Å². The zero-order chi connectivity index (χ0) is 20.8. The molecular weight excluding hydrogens is 382 g/mol. The highest BCUT2D eigenvalue weighted by molar-refractivity contribution is 7.80. The molecule has 1 saturated heterocycles. The fourth-order valence-electron chi connectivity index (χ4n) is 3.69. The van der Waals surface area contributed by atoms with Crippen LogP contribution in [0.2, 0.25) is 0 Å². The first-order chi connectivity index (χ1) is 14.0. The number of methoxy groups -OCH3 is 1. The Hall–Kier alpha value is -2.60. The van der Waals surface area contributed by atoms with Crippen LogP contribution in [0.3, 0.4) is 0 Å². The van der Waals surface area contributed by atoms with Gasteiger partial charge in [-0.2, -0.15) is 0 Å². The van der Waals surface area contributed by atoms with Gasteiger partial charge >= 0.3 is 5.97 Å². The van der Waals surface area contributed by atoms with E-state index in [1.165, 1.54) is 31.2 Å². The molecular formula is C23H29N3O2S. The molecule has 0 unspecified atom stereocenters. The van der Waals surface area contributed by atoms with Crippen LogP contribution in [0.15, 0.2) is 48.5 Å². The van der Waals surface area contributed by atoms with Crippen LogP contribution >= 0.6 is 12.2 Å². The third-order valence-corrected chi connectivity index (χ3v) is 5.52. The molecule has 1 aliphatic rings. The quantitative estimate of drug-likeness (QED) is 0.547. The number of carbonyl (C=O) groups excluding carboxylic acids is 1. The molecule has 2 N–H and O–H groups in total. The second-order valence-electron chi connectivity index (χ2n) is 7.68. The van der Waals surface area contributed by atoms with E-state index in [9.17, 15) is 4.79 Å². The first-order valence-corrected chi connectivity index (χ1v) is 10.5. The number of esters is 1. The van der Waals surface area contributed by atoms with Crippen molar-refractivity contribution in [3.05, 3.63) is 59.7 Å². The van der Waals surface area contributed by atoms with E-state index in [1.54, 1.807) is 18.2 Å². The smallest absolute Gasteiger partial charge is 0.337 e. The summed E-state index contributed by atoms with van der Waals surface area (Å²) in [5.41, 5.74) is 3.68. The minimum Gasteiger partial charge on any atom is -0.465 e. The van der Waals surface area contributed by atoms with Gasteiger partial charge in [0.25, 0.3) is 0 Å². The van der Waals surface area contributed by atoms with Gasteiger partial charge in [-0.25, -0.2) is 4.79 Å². The van der Waals surface area contributed by atoms with Crippen molar-refractivity contribution in [2.24, 2.45) is 5.92 Å². The number of thiocarbonyl (C=S) groups is 1. The number of nitrogens with one attached hydrogen (secondary N) is 2. The lowest BCUT2D eigenvalue weighted by atomic mass is 9.99. The average molecular weight is 412 g/mol. The number of ether oxygens (including phenoxy) is 1. The molecule has 154 valence electrons. The third-order valence-electron chi connectivity index (χ3n) is 5.30. The van der Waals surface area contributed by atoms with Crippen molar-refractivity contribution in [2.45, 2.75) is 32.7 Å². The maximum absolute atomic E-state index is 11.7. The summed E-state index contributed by atoms with van der Waals surface area (Å²) in [7, 11) is 1.37. The first-order valence-electron chi connectivity index (χ1n) is 10.1. The van der Waals surface area contributed by atoms with Crippen LogP contribution in [-0.2, 0) is 4.74 Å². The third kappa shape index (κ3) is 5.70. The van der Waals surface area contributed by atoms with Crippen molar-refractivity contribution in [3.8, 4) is 0 Å². The number of piperidine rings is 1. The Kier molecular flexibility index (Phi) is 7.09. The Morgan fingerprint density at radius 3 is 2.69 bits per heavy atom. The summed E-state index contributed by atoms with van der Waals surface area (Å²) in [4.78, 5) is 14.1. The van der Waals surface area contributed by atoms with Crippen LogP contribution < -0.4 is 15.5 Å². The molecule has 1 aliphatic heterocycles.